The van der Waals surface area contributed by atoms with E-state index in [4.69, 9.17) is 16.3 Å². The summed E-state index contributed by atoms with van der Waals surface area (Å²) in [7, 11) is 1.67. The number of pyridine rings is 1. The molecule has 1 N–H and O–H groups in total. The number of amides is 1. The van der Waals surface area contributed by atoms with E-state index in [9.17, 15) is 18.4 Å². The second-order valence-electron chi connectivity index (χ2n) is 9.34. The van der Waals surface area contributed by atoms with Gasteiger partial charge in [0.25, 0.3) is 5.91 Å². The highest BCUT2D eigenvalue weighted by atomic mass is 35.5. The molecule has 37 heavy (non-hydrogen) atoms. The van der Waals surface area contributed by atoms with Crippen LogP contribution in [0.5, 0.6) is 5.75 Å². The number of aromatic nitrogens is 3. The maximum Gasteiger partial charge on any atom is 0.321 e. The van der Waals surface area contributed by atoms with Crippen molar-refractivity contribution >= 4 is 28.4 Å². The number of benzene rings is 2. The first kappa shape index (κ1) is 26.3. The number of aryl methyl sites for hydroxylation is 1. The number of carbonyl (C=O) groups is 1. The molecule has 2 heterocycles. The third kappa shape index (κ3) is 5.83. The number of alkyl halides is 2. The molecule has 0 saturated carbocycles. The molecule has 0 aliphatic carbocycles. The molecule has 0 aliphatic rings. The van der Waals surface area contributed by atoms with Gasteiger partial charge in [0, 0.05) is 36.6 Å². The summed E-state index contributed by atoms with van der Waals surface area (Å²) in [6, 6.07) is 14.6. The lowest BCUT2D eigenvalue weighted by Crippen LogP contribution is -2.49. The number of rotatable bonds is 8. The molecule has 0 spiro atoms. The van der Waals surface area contributed by atoms with Crippen LogP contribution in [0.1, 0.15) is 32.4 Å². The average molecular weight is 529 g/mol. The van der Waals surface area contributed by atoms with Gasteiger partial charge in [-0.25, -0.2) is 4.68 Å². The number of hydrogen-bond donors (Lipinski definition) is 1. The predicted octanol–water partition coefficient (Wildman–Crippen LogP) is 5.29. The first-order chi connectivity index (χ1) is 17.4. The third-order valence-corrected chi connectivity index (χ3v) is 6.31. The van der Waals surface area contributed by atoms with Crippen molar-refractivity contribution < 1.29 is 18.3 Å². The summed E-state index contributed by atoms with van der Waals surface area (Å²) >= 11 is 6.06. The maximum absolute atomic E-state index is 13.8. The van der Waals surface area contributed by atoms with E-state index in [0.717, 1.165) is 10.9 Å². The summed E-state index contributed by atoms with van der Waals surface area (Å²) in [5.41, 5.74) is 2.04. The lowest BCUT2D eigenvalue weighted by Gasteiger charge is -2.32. The standard InChI is InChI=1S/C27H27ClF2N4O3/c1-16(2)24(32-26(36)27(3,29)30)25(17-5-7-19(28)8-6-17)37-21-10-11-22-18(13-21)14-31-34(22)20-9-12-23(35)33(4)15-20/h5-16,24-25H,1-4H3,(H,32,36)/t24?,25-/m1/s1. The Kier molecular flexibility index (Phi) is 7.36. The van der Waals surface area contributed by atoms with Crippen molar-refractivity contribution in [3.63, 3.8) is 0 Å². The highest BCUT2D eigenvalue weighted by Crippen LogP contribution is 2.32. The van der Waals surface area contributed by atoms with Gasteiger partial charge in [-0.3, -0.25) is 9.59 Å². The zero-order chi connectivity index (χ0) is 26.9. The van der Waals surface area contributed by atoms with E-state index in [-0.39, 0.29) is 11.5 Å². The van der Waals surface area contributed by atoms with Gasteiger partial charge in [0.15, 0.2) is 0 Å². The third-order valence-electron chi connectivity index (χ3n) is 6.06. The number of nitrogens with zero attached hydrogens (tertiary/aromatic N) is 3. The van der Waals surface area contributed by atoms with Crippen molar-refractivity contribution in [1.82, 2.24) is 19.7 Å². The Hall–Kier alpha value is -3.72. The fourth-order valence-corrected chi connectivity index (χ4v) is 4.14. The molecule has 0 saturated heterocycles. The van der Waals surface area contributed by atoms with Crippen LogP contribution in [-0.4, -0.2) is 32.2 Å². The lowest BCUT2D eigenvalue weighted by molar-refractivity contribution is -0.145. The molecule has 2 aromatic carbocycles. The molecule has 2 atom stereocenters. The fraction of sp³-hybridized carbons (Fsp3) is 0.296. The summed E-state index contributed by atoms with van der Waals surface area (Å²) < 4.78 is 37.0. The molecule has 1 amide bonds. The quantitative estimate of drug-likeness (QED) is 0.337. The van der Waals surface area contributed by atoms with E-state index in [1.807, 2.05) is 19.9 Å². The van der Waals surface area contributed by atoms with Crippen molar-refractivity contribution in [3.05, 3.63) is 87.9 Å². The number of nitrogens with one attached hydrogen (secondary N) is 1. The second kappa shape index (κ2) is 10.3. The normalized spacial score (nSPS) is 13.5. The molecule has 10 heteroatoms. The van der Waals surface area contributed by atoms with Crippen molar-refractivity contribution in [2.24, 2.45) is 13.0 Å². The highest BCUT2D eigenvalue weighted by molar-refractivity contribution is 6.30. The van der Waals surface area contributed by atoms with E-state index in [2.05, 4.69) is 10.4 Å². The van der Waals surface area contributed by atoms with Gasteiger partial charge in [-0.15, -0.1) is 0 Å². The van der Waals surface area contributed by atoms with Crippen LogP contribution in [0, 0.1) is 5.92 Å². The minimum Gasteiger partial charge on any atom is -0.484 e. The molecule has 0 fully saturated rings. The van der Waals surface area contributed by atoms with Gasteiger partial charge in [0.05, 0.1) is 23.4 Å². The molecule has 1 unspecified atom stereocenters. The topological polar surface area (TPSA) is 78.2 Å². The van der Waals surface area contributed by atoms with Gasteiger partial charge in [0.2, 0.25) is 5.56 Å². The zero-order valence-corrected chi connectivity index (χ0v) is 21.5. The Labute approximate surface area is 217 Å². The number of halogens is 3. The van der Waals surface area contributed by atoms with Gasteiger partial charge in [0.1, 0.15) is 11.9 Å². The van der Waals surface area contributed by atoms with Crippen LogP contribution in [0.2, 0.25) is 5.02 Å². The van der Waals surface area contributed by atoms with Crippen LogP contribution in [0.15, 0.2) is 71.8 Å². The van der Waals surface area contributed by atoms with Crippen LogP contribution in [-0.2, 0) is 11.8 Å². The monoisotopic (exact) mass is 528 g/mol. The van der Waals surface area contributed by atoms with Crippen molar-refractivity contribution in [2.75, 3.05) is 0 Å². The van der Waals surface area contributed by atoms with E-state index in [0.29, 0.717) is 28.9 Å². The highest BCUT2D eigenvalue weighted by Gasteiger charge is 2.38. The van der Waals surface area contributed by atoms with E-state index in [1.165, 1.54) is 10.6 Å². The molecule has 2 aromatic heterocycles. The molecule has 4 aromatic rings. The first-order valence-corrected chi connectivity index (χ1v) is 12.1. The molecule has 7 nitrogen and oxygen atoms in total. The molecule has 0 aliphatic heterocycles. The largest absolute Gasteiger partial charge is 0.484 e. The van der Waals surface area contributed by atoms with E-state index < -0.39 is 24.0 Å². The van der Waals surface area contributed by atoms with E-state index in [1.54, 1.807) is 66.6 Å². The predicted molar refractivity (Wildman–Crippen MR) is 139 cm³/mol. The van der Waals surface area contributed by atoms with Crippen molar-refractivity contribution in [1.29, 1.82) is 0 Å². The van der Waals surface area contributed by atoms with Crippen molar-refractivity contribution in [3.8, 4) is 11.4 Å². The molecule has 0 radical (unpaired) electrons. The molecule has 0 bridgehead atoms. The Morgan fingerprint density at radius 2 is 1.81 bits per heavy atom. The van der Waals surface area contributed by atoms with Crippen LogP contribution >= 0.6 is 11.6 Å². The summed E-state index contributed by atoms with van der Waals surface area (Å²) in [4.78, 5) is 24.0. The molecule has 4 rings (SSSR count). The molecular formula is C27H27ClF2N4O3. The number of carbonyl (C=O) groups excluding carboxylic acids is 1. The Bertz CT molecular complexity index is 1480. The number of hydrogen-bond acceptors (Lipinski definition) is 4. The summed E-state index contributed by atoms with van der Waals surface area (Å²) in [5, 5.41) is 8.20. The van der Waals surface area contributed by atoms with Crippen LogP contribution in [0.25, 0.3) is 16.6 Å². The van der Waals surface area contributed by atoms with Crippen LogP contribution in [0.4, 0.5) is 8.78 Å². The summed E-state index contributed by atoms with van der Waals surface area (Å²) in [6.45, 7) is 4.21. The summed E-state index contributed by atoms with van der Waals surface area (Å²) in [6.07, 6.45) is 2.58. The first-order valence-electron chi connectivity index (χ1n) is 11.7. The average Bonchev–Trinajstić information content (AvgIpc) is 3.26. The summed E-state index contributed by atoms with van der Waals surface area (Å²) in [5.74, 6) is -4.67. The van der Waals surface area contributed by atoms with Crippen LogP contribution in [0.3, 0.4) is 0 Å². The van der Waals surface area contributed by atoms with Gasteiger partial charge >= 0.3 is 5.92 Å². The fourth-order valence-electron chi connectivity index (χ4n) is 4.01. The lowest BCUT2D eigenvalue weighted by atomic mass is 9.92. The minimum absolute atomic E-state index is 0.128. The van der Waals surface area contributed by atoms with Gasteiger partial charge in [-0.2, -0.15) is 13.9 Å². The molecule has 194 valence electrons. The van der Waals surface area contributed by atoms with Crippen LogP contribution < -0.4 is 15.6 Å². The van der Waals surface area contributed by atoms with Gasteiger partial charge < -0.3 is 14.6 Å². The Balaban J connectivity index is 1.70. The Morgan fingerprint density at radius 3 is 2.43 bits per heavy atom. The SMILES string of the molecule is CC(C)C(NC(=O)C(C)(F)F)[C@H](Oc1ccc2c(cnn2-c2ccc(=O)n(C)c2)c1)c1ccc(Cl)cc1. The minimum atomic E-state index is -3.54. The van der Waals surface area contributed by atoms with Gasteiger partial charge in [-0.1, -0.05) is 37.6 Å². The van der Waals surface area contributed by atoms with E-state index >= 15 is 0 Å². The smallest absolute Gasteiger partial charge is 0.321 e. The van der Waals surface area contributed by atoms with Crippen molar-refractivity contribution in [2.45, 2.75) is 38.8 Å². The maximum atomic E-state index is 13.8. The number of fused-ring (bicyclic) bond motifs is 1. The van der Waals surface area contributed by atoms with Gasteiger partial charge in [-0.05, 0) is 47.9 Å². The molecular weight excluding hydrogens is 502 g/mol. The Morgan fingerprint density at radius 1 is 1.11 bits per heavy atom. The second-order valence-corrected chi connectivity index (χ2v) is 9.77. The number of ether oxygens (including phenoxy) is 1. The zero-order valence-electron chi connectivity index (χ0n) is 20.8.